The number of nitrogens with zero attached hydrogens (tertiary/aromatic N) is 2. The van der Waals surface area contributed by atoms with Gasteiger partial charge in [0.05, 0.1) is 12.1 Å². The molecule has 10 nitrogen and oxygen atoms in total. The normalized spacial score (nSPS) is 34.7. The van der Waals surface area contributed by atoms with Crippen LogP contribution in [0.1, 0.15) is 93.1 Å². The third-order valence-corrected chi connectivity index (χ3v) is 10.8. The highest BCUT2D eigenvalue weighted by atomic mass is 16.7. The van der Waals surface area contributed by atoms with Gasteiger partial charge in [0.25, 0.3) is 0 Å². The van der Waals surface area contributed by atoms with Crippen LogP contribution in [0.2, 0.25) is 0 Å². The second kappa shape index (κ2) is 13.7. The SMILES string of the molecule is CC[C@H]1C[C@H]2C[C@H]3c4c(c5cc(O)ccc5n4C(=O)CCCCCCCCO[C@H]4O[C@H](CO)[C@@H](O)[C@H](O)[C@H]4O)CCN(C2)C13. The van der Waals surface area contributed by atoms with E-state index in [1.54, 1.807) is 6.07 Å². The lowest BCUT2D eigenvalue weighted by atomic mass is 9.65. The summed E-state index contributed by atoms with van der Waals surface area (Å²) in [5, 5.41) is 50.6. The zero-order valence-corrected chi connectivity index (χ0v) is 25.9. The van der Waals surface area contributed by atoms with E-state index in [1.807, 2.05) is 16.7 Å². The molecule has 0 radical (unpaired) electrons. The molecule has 2 unspecified atom stereocenters. The fourth-order valence-electron chi connectivity index (χ4n) is 8.71. The average molecular weight is 615 g/mol. The second-order valence-electron chi connectivity index (χ2n) is 13.6. The van der Waals surface area contributed by atoms with Gasteiger partial charge in [-0.05, 0) is 67.7 Å². The standard InChI is InChI=1S/C34H50N2O8/c1-2-21-15-20-16-25-29(21)35(18-20)13-12-23-24-17-22(38)10-11-26(24)36(30(23)25)28(39)9-7-5-3-4-6-8-14-43-34-33(42)32(41)31(40)27(19-37)44-34/h10-11,17,20-21,25,27,29,31-34,37-38,40-42H,2-9,12-16,18-19H2,1H3/t20-,21-,25+,27+,29?,31+,32-,33+,34-/m0/s1. The van der Waals surface area contributed by atoms with Gasteiger partial charge < -0.3 is 35.0 Å². The van der Waals surface area contributed by atoms with E-state index in [0.29, 0.717) is 36.8 Å². The van der Waals surface area contributed by atoms with Crippen molar-refractivity contribution >= 4 is 16.8 Å². The van der Waals surface area contributed by atoms with E-state index in [9.17, 15) is 30.3 Å². The number of aliphatic hydroxyl groups excluding tert-OH is 4. The summed E-state index contributed by atoms with van der Waals surface area (Å²) in [6, 6.07) is 6.00. The molecule has 44 heavy (non-hydrogen) atoms. The molecule has 5 aliphatic rings. The van der Waals surface area contributed by atoms with Crippen LogP contribution in [0, 0.1) is 11.8 Å². The summed E-state index contributed by atoms with van der Waals surface area (Å²) < 4.78 is 13.0. The first-order valence-corrected chi connectivity index (χ1v) is 16.9. The van der Waals surface area contributed by atoms with Gasteiger partial charge in [0.15, 0.2) is 6.29 Å². The number of ether oxygens (including phenoxy) is 2. The van der Waals surface area contributed by atoms with Crippen LogP contribution in [0.5, 0.6) is 5.75 Å². The van der Waals surface area contributed by atoms with Crippen molar-refractivity contribution in [3.05, 3.63) is 29.5 Å². The maximum Gasteiger partial charge on any atom is 0.231 e. The molecule has 4 fully saturated rings. The molecule has 7 rings (SSSR count). The van der Waals surface area contributed by atoms with Crippen LogP contribution in [-0.4, -0.2) is 104 Å². The molecule has 10 atom stereocenters. The molecule has 4 bridgehead atoms. The molecule has 1 saturated carbocycles. The highest BCUT2D eigenvalue weighted by Gasteiger charge is 2.50. The van der Waals surface area contributed by atoms with Gasteiger partial charge >= 0.3 is 0 Å². The van der Waals surface area contributed by atoms with Crippen LogP contribution < -0.4 is 0 Å². The van der Waals surface area contributed by atoms with Crippen LogP contribution in [0.25, 0.3) is 10.9 Å². The number of rotatable bonds is 12. The fourth-order valence-corrected chi connectivity index (χ4v) is 8.71. The minimum Gasteiger partial charge on any atom is -0.508 e. The third-order valence-electron chi connectivity index (χ3n) is 10.8. The molecule has 5 N–H and O–H groups in total. The van der Waals surface area contributed by atoms with E-state index in [2.05, 4.69) is 11.8 Å². The van der Waals surface area contributed by atoms with Crippen molar-refractivity contribution in [3.63, 3.8) is 0 Å². The van der Waals surface area contributed by atoms with Crippen LogP contribution in [0.4, 0.5) is 0 Å². The first-order valence-electron chi connectivity index (χ1n) is 16.9. The van der Waals surface area contributed by atoms with Gasteiger partial charge in [-0.2, -0.15) is 0 Å². The molecule has 2 aromatic rings. The minimum atomic E-state index is -1.43. The van der Waals surface area contributed by atoms with Gasteiger partial charge in [-0.25, -0.2) is 0 Å². The number of hydrogen-bond acceptors (Lipinski definition) is 9. The minimum absolute atomic E-state index is 0.165. The Bertz CT molecular complexity index is 1300. The Morgan fingerprint density at radius 1 is 1.02 bits per heavy atom. The van der Waals surface area contributed by atoms with Crippen LogP contribution in [0.15, 0.2) is 18.2 Å². The Morgan fingerprint density at radius 3 is 2.57 bits per heavy atom. The summed E-state index contributed by atoms with van der Waals surface area (Å²) in [5.74, 6) is 2.16. The molecule has 5 heterocycles. The molecule has 10 heteroatoms. The molecule has 1 aromatic carbocycles. The van der Waals surface area contributed by atoms with E-state index in [4.69, 9.17) is 9.47 Å². The Balaban J connectivity index is 1.02. The van der Waals surface area contributed by atoms with Gasteiger partial charge in [-0.15, -0.1) is 0 Å². The van der Waals surface area contributed by atoms with Crippen molar-refractivity contribution in [3.8, 4) is 5.75 Å². The monoisotopic (exact) mass is 614 g/mol. The lowest BCUT2D eigenvalue weighted by Crippen LogP contribution is -2.59. The molecule has 3 saturated heterocycles. The maximum atomic E-state index is 13.9. The molecule has 1 aromatic heterocycles. The van der Waals surface area contributed by atoms with Crippen molar-refractivity contribution in [2.24, 2.45) is 11.8 Å². The van der Waals surface area contributed by atoms with E-state index in [-0.39, 0.29) is 11.7 Å². The zero-order chi connectivity index (χ0) is 31.0. The largest absolute Gasteiger partial charge is 0.508 e. The third kappa shape index (κ3) is 6.07. The van der Waals surface area contributed by atoms with E-state index in [1.165, 1.54) is 30.6 Å². The predicted octanol–water partition coefficient (Wildman–Crippen LogP) is 3.29. The Labute approximate surface area is 259 Å². The summed E-state index contributed by atoms with van der Waals surface area (Å²) in [5.41, 5.74) is 3.44. The van der Waals surface area contributed by atoms with E-state index in [0.717, 1.165) is 68.8 Å². The topological polar surface area (TPSA) is 145 Å². The second-order valence-corrected chi connectivity index (χ2v) is 13.6. The lowest BCUT2D eigenvalue weighted by molar-refractivity contribution is -0.301. The lowest BCUT2D eigenvalue weighted by Gasteiger charge is -2.53. The highest BCUT2D eigenvalue weighted by molar-refractivity contribution is 5.97. The van der Waals surface area contributed by atoms with Crippen LogP contribution in [-0.2, 0) is 15.9 Å². The number of hydrogen-bond donors (Lipinski definition) is 5. The summed E-state index contributed by atoms with van der Waals surface area (Å²) in [6.45, 7) is 4.38. The van der Waals surface area contributed by atoms with Crippen molar-refractivity contribution < 1.29 is 39.8 Å². The molecular weight excluding hydrogens is 564 g/mol. The van der Waals surface area contributed by atoms with Crippen LogP contribution in [0.3, 0.4) is 0 Å². The number of piperidine rings is 2. The average Bonchev–Trinajstić information content (AvgIpc) is 3.29. The summed E-state index contributed by atoms with van der Waals surface area (Å²) in [6.07, 6.45) is 4.28. The zero-order valence-electron chi connectivity index (χ0n) is 25.9. The first-order chi connectivity index (χ1) is 21.3. The van der Waals surface area contributed by atoms with Gasteiger partial charge in [0.2, 0.25) is 5.91 Å². The number of fused-ring (bicyclic) bond motifs is 4. The van der Waals surface area contributed by atoms with Gasteiger partial charge in [0, 0.05) is 49.2 Å². The number of aromatic hydroxyl groups is 1. The number of aliphatic hydroxyl groups is 4. The Kier molecular flexibility index (Phi) is 9.97. The van der Waals surface area contributed by atoms with Crippen molar-refractivity contribution in [1.29, 1.82) is 0 Å². The molecular formula is C34H50N2O8. The number of unbranched alkanes of at least 4 members (excludes halogenated alkanes) is 5. The predicted molar refractivity (Wildman–Crippen MR) is 165 cm³/mol. The number of benzene rings is 1. The number of aromatic nitrogens is 1. The van der Waals surface area contributed by atoms with Crippen molar-refractivity contribution in [2.75, 3.05) is 26.3 Å². The number of carbonyl (C=O) groups excluding carboxylic acids is 1. The van der Waals surface area contributed by atoms with Gasteiger partial charge in [0.1, 0.15) is 30.2 Å². The maximum absolute atomic E-state index is 13.9. The van der Waals surface area contributed by atoms with Crippen molar-refractivity contribution in [2.45, 2.75) is 120 Å². The number of phenolic OH excluding ortho intramolecular Hbond substituents is 1. The Hall–Kier alpha value is -2.05. The molecule has 0 amide bonds. The van der Waals surface area contributed by atoms with Crippen molar-refractivity contribution in [1.82, 2.24) is 9.47 Å². The van der Waals surface area contributed by atoms with Gasteiger partial charge in [-0.1, -0.05) is 39.0 Å². The summed E-state index contributed by atoms with van der Waals surface area (Å²) in [7, 11) is 0. The fraction of sp³-hybridized carbons (Fsp3) is 0.735. The van der Waals surface area contributed by atoms with E-state index >= 15 is 0 Å². The van der Waals surface area contributed by atoms with E-state index < -0.39 is 37.3 Å². The Morgan fingerprint density at radius 2 is 1.80 bits per heavy atom. The molecule has 1 aliphatic carbocycles. The number of phenols is 1. The quantitative estimate of drug-likeness (QED) is 0.228. The number of carbonyl (C=O) groups is 1. The smallest absolute Gasteiger partial charge is 0.231 e. The van der Waals surface area contributed by atoms with Crippen LogP contribution >= 0.6 is 0 Å². The molecule has 0 spiro atoms. The highest BCUT2D eigenvalue weighted by Crippen LogP contribution is 2.52. The first kappa shape index (κ1) is 31.9. The molecule has 4 aliphatic heterocycles. The van der Waals surface area contributed by atoms with Gasteiger partial charge in [-0.3, -0.25) is 14.3 Å². The summed E-state index contributed by atoms with van der Waals surface area (Å²) >= 11 is 0. The summed E-state index contributed by atoms with van der Waals surface area (Å²) in [4.78, 5) is 16.6. The molecule has 244 valence electrons.